The molecule has 0 radical (unpaired) electrons. The summed E-state index contributed by atoms with van der Waals surface area (Å²) in [4.78, 5) is 27.0. The van der Waals surface area contributed by atoms with Crippen molar-refractivity contribution in [3.05, 3.63) is 30.1 Å². The number of amides is 2. The normalized spacial score (nSPS) is 16.6. The van der Waals surface area contributed by atoms with Crippen LogP contribution in [0.15, 0.2) is 29.2 Å². The third-order valence-corrected chi connectivity index (χ3v) is 5.65. The molecule has 1 aromatic rings. The van der Waals surface area contributed by atoms with Crippen LogP contribution in [-0.2, 0) is 19.6 Å². The molecule has 1 saturated heterocycles. The molecule has 9 heteroatoms. The molecule has 0 spiro atoms. The monoisotopic (exact) mass is 371 g/mol. The van der Waals surface area contributed by atoms with Crippen LogP contribution in [0.2, 0.25) is 0 Å². The Bertz CT molecular complexity index is 728. The van der Waals surface area contributed by atoms with E-state index < -0.39 is 21.9 Å². The van der Waals surface area contributed by atoms with Gasteiger partial charge in [0.05, 0.1) is 4.90 Å². The van der Waals surface area contributed by atoms with Crippen LogP contribution >= 0.6 is 0 Å². The zero-order valence-electron chi connectivity index (χ0n) is 14.2. The number of carbonyl (C=O) groups excluding carboxylic acids is 2. The van der Waals surface area contributed by atoms with E-state index in [1.54, 1.807) is 16.7 Å². The first-order chi connectivity index (χ1) is 11.7. The number of halogens is 1. The highest BCUT2D eigenvalue weighted by molar-refractivity contribution is 7.89. The fourth-order valence-corrected chi connectivity index (χ4v) is 3.91. The van der Waals surface area contributed by atoms with Crippen LogP contribution in [0.3, 0.4) is 0 Å². The van der Waals surface area contributed by atoms with E-state index in [9.17, 15) is 22.4 Å². The van der Waals surface area contributed by atoms with E-state index in [0.29, 0.717) is 26.2 Å². The van der Waals surface area contributed by atoms with Gasteiger partial charge in [0.2, 0.25) is 21.8 Å². The molecule has 0 bridgehead atoms. The number of carbonyl (C=O) groups is 2. The highest BCUT2D eigenvalue weighted by Crippen LogP contribution is 2.13. The topological polar surface area (TPSA) is 86.8 Å². The van der Waals surface area contributed by atoms with Gasteiger partial charge in [-0.15, -0.1) is 0 Å². The van der Waals surface area contributed by atoms with Crippen molar-refractivity contribution in [2.75, 3.05) is 26.2 Å². The second kappa shape index (κ2) is 7.92. The molecule has 1 aromatic carbocycles. The Hall–Kier alpha value is -2.00. The minimum Gasteiger partial charge on any atom is -0.339 e. The first-order valence-corrected chi connectivity index (χ1v) is 9.55. The average Bonchev–Trinajstić information content (AvgIpc) is 2.59. The molecule has 0 aromatic heterocycles. The Kier molecular flexibility index (Phi) is 6.12. The summed E-state index contributed by atoms with van der Waals surface area (Å²) >= 11 is 0. The molecule has 7 nitrogen and oxygen atoms in total. The second-order valence-electron chi connectivity index (χ2n) is 5.87. The molecule has 138 valence electrons. The van der Waals surface area contributed by atoms with Gasteiger partial charge in [-0.05, 0) is 30.7 Å². The largest absolute Gasteiger partial charge is 0.339 e. The van der Waals surface area contributed by atoms with Gasteiger partial charge in [-0.1, -0.05) is 6.92 Å². The summed E-state index contributed by atoms with van der Waals surface area (Å²) in [7, 11) is -3.92. The van der Waals surface area contributed by atoms with Gasteiger partial charge in [-0.2, -0.15) is 4.72 Å². The Morgan fingerprint density at radius 1 is 1.12 bits per heavy atom. The molecule has 2 rings (SSSR count). The maximum atomic E-state index is 13.0. The number of nitrogens with one attached hydrogen (secondary N) is 1. The molecule has 1 heterocycles. The summed E-state index contributed by atoms with van der Waals surface area (Å²) in [5.41, 5.74) is 0. The number of benzene rings is 1. The number of sulfonamides is 1. The van der Waals surface area contributed by atoms with E-state index in [0.717, 1.165) is 24.3 Å². The van der Waals surface area contributed by atoms with Gasteiger partial charge in [0, 0.05) is 33.1 Å². The summed E-state index contributed by atoms with van der Waals surface area (Å²) in [6, 6.07) is 3.51. The predicted octanol–water partition coefficient (Wildman–Crippen LogP) is 0.573. The van der Waals surface area contributed by atoms with Crippen molar-refractivity contribution in [1.82, 2.24) is 14.5 Å². The Morgan fingerprint density at radius 3 is 2.12 bits per heavy atom. The molecule has 2 amide bonds. The van der Waals surface area contributed by atoms with Crippen molar-refractivity contribution >= 4 is 21.8 Å². The minimum atomic E-state index is -3.92. The minimum absolute atomic E-state index is 0.0452. The second-order valence-corrected chi connectivity index (χ2v) is 7.58. The molecule has 25 heavy (non-hydrogen) atoms. The molecule has 0 aliphatic carbocycles. The standard InChI is InChI=1S/C16H22FN3O4S/c1-3-15(16(22)20-10-8-19(9-11-20)12(2)21)18-25(23,24)14-6-4-13(17)5-7-14/h4-7,15,18H,3,8-11H2,1-2H3. The lowest BCUT2D eigenvalue weighted by molar-refractivity contribution is -0.139. The van der Waals surface area contributed by atoms with Crippen molar-refractivity contribution in [1.29, 1.82) is 0 Å². The maximum Gasteiger partial charge on any atom is 0.241 e. The Labute approximate surface area is 146 Å². The van der Waals surface area contributed by atoms with E-state index in [1.165, 1.54) is 6.92 Å². The smallest absolute Gasteiger partial charge is 0.241 e. The lowest BCUT2D eigenvalue weighted by Gasteiger charge is -2.36. The number of nitrogens with zero attached hydrogens (tertiary/aromatic N) is 2. The Morgan fingerprint density at radius 2 is 1.64 bits per heavy atom. The number of hydrogen-bond acceptors (Lipinski definition) is 4. The molecule has 1 atom stereocenters. The fourth-order valence-electron chi connectivity index (χ4n) is 2.64. The molecule has 1 unspecified atom stereocenters. The number of hydrogen-bond donors (Lipinski definition) is 1. The first kappa shape index (κ1) is 19.3. The molecule has 1 N–H and O–H groups in total. The van der Waals surface area contributed by atoms with Crippen LogP contribution in [0.4, 0.5) is 4.39 Å². The van der Waals surface area contributed by atoms with Gasteiger partial charge >= 0.3 is 0 Å². The summed E-state index contributed by atoms with van der Waals surface area (Å²) < 4.78 is 40.1. The lowest BCUT2D eigenvalue weighted by Crippen LogP contribution is -2.55. The quantitative estimate of drug-likeness (QED) is 0.820. The highest BCUT2D eigenvalue weighted by atomic mass is 32.2. The van der Waals surface area contributed by atoms with E-state index >= 15 is 0 Å². The molecular weight excluding hydrogens is 349 g/mol. The van der Waals surface area contributed by atoms with Crippen LogP contribution in [0.5, 0.6) is 0 Å². The van der Waals surface area contributed by atoms with E-state index in [2.05, 4.69) is 4.72 Å². The predicted molar refractivity (Wildman–Crippen MR) is 89.6 cm³/mol. The highest BCUT2D eigenvalue weighted by Gasteiger charge is 2.30. The summed E-state index contributed by atoms with van der Waals surface area (Å²) in [6.07, 6.45) is 0.284. The molecule has 0 saturated carbocycles. The van der Waals surface area contributed by atoms with Gasteiger partial charge in [0.1, 0.15) is 11.9 Å². The SMILES string of the molecule is CCC(NS(=O)(=O)c1ccc(F)cc1)C(=O)N1CCN(C(C)=O)CC1. The van der Waals surface area contributed by atoms with E-state index in [4.69, 9.17) is 0 Å². The zero-order valence-corrected chi connectivity index (χ0v) is 15.1. The molecule has 1 fully saturated rings. The third-order valence-electron chi connectivity index (χ3n) is 4.16. The van der Waals surface area contributed by atoms with Crippen LogP contribution in [0.25, 0.3) is 0 Å². The van der Waals surface area contributed by atoms with Crippen LogP contribution in [0.1, 0.15) is 20.3 Å². The maximum absolute atomic E-state index is 13.0. The van der Waals surface area contributed by atoms with Gasteiger partial charge in [0.15, 0.2) is 0 Å². The first-order valence-electron chi connectivity index (χ1n) is 8.07. The van der Waals surface area contributed by atoms with Crippen molar-refractivity contribution in [3.63, 3.8) is 0 Å². The van der Waals surface area contributed by atoms with E-state index in [1.807, 2.05) is 0 Å². The van der Waals surface area contributed by atoms with Gasteiger partial charge in [0.25, 0.3) is 0 Å². The lowest BCUT2D eigenvalue weighted by atomic mass is 10.2. The fraction of sp³-hybridized carbons (Fsp3) is 0.500. The van der Waals surface area contributed by atoms with Crippen LogP contribution in [-0.4, -0.2) is 62.3 Å². The van der Waals surface area contributed by atoms with Crippen molar-refractivity contribution in [3.8, 4) is 0 Å². The summed E-state index contributed by atoms with van der Waals surface area (Å²) in [5, 5.41) is 0. The van der Waals surface area contributed by atoms with Crippen molar-refractivity contribution < 1.29 is 22.4 Å². The molecular formula is C16H22FN3O4S. The van der Waals surface area contributed by atoms with Crippen LogP contribution < -0.4 is 4.72 Å². The zero-order chi connectivity index (χ0) is 18.6. The summed E-state index contributed by atoms with van der Waals surface area (Å²) in [5.74, 6) is -0.905. The Balaban J connectivity index is 2.05. The summed E-state index contributed by atoms with van der Waals surface area (Å²) in [6.45, 7) is 4.79. The average molecular weight is 371 g/mol. The van der Waals surface area contributed by atoms with Gasteiger partial charge < -0.3 is 9.80 Å². The van der Waals surface area contributed by atoms with E-state index in [-0.39, 0.29) is 23.1 Å². The molecule has 1 aliphatic rings. The van der Waals surface area contributed by atoms with Gasteiger partial charge in [-0.25, -0.2) is 12.8 Å². The van der Waals surface area contributed by atoms with Crippen molar-refractivity contribution in [2.45, 2.75) is 31.2 Å². The van der Waals surface area contributed by atoms with Gasteiger partial charge in [-0.3, -0.25) is 9.59 Å². The van der Waals surface area contributed by atoms with Crippen LogP contribution in [0, 0.1) is 5.82 Å². The molecule has 1 aliphatic heterocycles. The number of piperazine rings is 1. The van der Waals surface area contributed by atoms with Crippen molar-refractivity contribution in [2.24, 2.45) is 0 Å². The number of rotatable bonds is 5. The third kappa shape index (κ3) is 4.76.